The highest BCUT2D eigenvalue weighted by Gasteiger charge is 2.21. The monoisotopic (exact) mass is 353 g/mol. The van der Waals surface area contributed by atoms with E-state index in [9.17, 15) is 4.79 Å². The fraction of sp³-hybridized carbons (Fsp3) is 0.267. The molecule has 0 aliphatic carbocycles. The molecular formula is C15H16BrNO2S. The van der Waals surface area contributed by atoms with Gasteiger partial charge >= 0.3 is 0 Å². The number of methoxy groups -OCH3 is 1. The van der Waals surface area contributed by atoms with Crippen LogP contribution in [0.25, 0.3) is 0 Å². The Kier molecular flexibility index (Phi) is 4.83. The summed E-state index contributed by atoms with van der Waals surface area (Å²) in [6, 6.07) is 9.49. The normalized spacial score (nSPS) is 12.0. The number of hydrogen-bond donors (Lipinski definition) is 0. The maximum atomic E-state index is 12.6. The topological polar surface area (TPSA) is 29.5 Å². The number of carbonyl (C=O) groups excluding carboxylic acids is 1. The number of carbonyl (C=O) groups is 1. The zero-order valence-corrected chi connectivity index (χ0v) is 14.0. The Morgan fingerprint density at radius 3 is 2.75 bits per heavy atom. The van der Waals surface area contributed by atoms with Gasteiger partial charge in [-0.25, -0.2) is 0 Å². The third kappa shape index (κ3) is 3.04. The minimum Gasteiger partial charge on any atom is -0.497 e. The standard InChI is InChI=1S/C15H16BrNO2S/c1-10(14-5-4-8-20-14)17(2)15(18)12-9-11(19-3)6-7-13(12)16/h4-10H,1-3H3. The molecule has 0 saturated carbocycles. The van der Waals surface area contributed by atoms with E-state index in [2.05, 4.69) is 15.9 Å². The summed E-state index contributed by atoms with van der Waals surface area (Å²) in [4.78, 5) is 15.5. The summed E-state index contributed by atoms with van der Waals surface area (Å²) >= 11 is 5.08. The number of halogens is 1. The third-order valence-corrected chi connectivity index (χ3v) is 4.99. The minimum atomic E-state index is -0.0309. The number of amides is 1. The van der Waals surface area contributed by atoms with Crippen molar-refractivity contribution in [3.63, 3.8) is 0 Å². The first-order chi connectivity index (χ1) is 9.54. The highest BCUT2D eigenvalue weighted by Crippen LogP contribution is 2.28. The maximum Gasteiger partial charge on any atom is 0.255 e. The molecule has 2 rings (SSSR count). The van der Waals surface area contributed by atoms with Crippen LogP contribution in [0.15, 0.2) is 40.2 Å². The Bertz CT molecular complexity index is 598. The highest BCUT2D eigenvalue weighted by molar-refractivity contribution is 9.10. The van der Waals surface area contributed by atoms with E-state index in [4.69, 9.17) is 4.74 Å². The van der Waals surface area contributed by atoms with E-state index in [1.54, 1.807) is 29.4 Å². The van der Waals surface area contributed by atoms with Gasteiger partial charge in [-0.05, 0) is 52.5 Å². The molecule has 0 spiro atoms. The SMILES string of the molecule is COc1ccc(Br)c(C(=O)N(C)C(C)c2cccs2)c1. The smallest absolute Gasteiger partial charge is 0.255 e. The molecule has 3 nitrogen and oxygen atoms in total. The van der Waals surface area contributed by atoms with Crippen molar-refractivity contribution in [2.75, 3.05) is 14.2 Å². The number of rotatable bonds is 4. The lowest BCUT2D eigenvalue weighted by Gasteiger charge is -2.24. The van der Waals surface area contributed by atoms with Gasteiger partial charge in [0.2, 0.25) is 0 Å². The van der Waals surface area contributed by atoms with Crippen LogP contribution in [-0.2, 0) is 0 Å². The highest BCUT2D eigenvalue weighted by atomic mass is 79.9. The van der Waals surface area contributed by atoms with E-state index >= 15 is 0 Å². The first kappa shape index (κ1) is 15.1. The number of hydrogen-bond acceptors (Lipinski definition) is 3. The molecule has 106 valence electrons. The van der Waals surface area contributed by atoms with Gasteiger partial charge in [0.1, 0.15) is 5.75 Å². The predicted molar refractivity (Wildman–Crippen MR) is 85.5 cm³/mol. The summed E-state index contributed by atoms with van der Waals surface area (Å²) in [7, 11) is 3.41. The molecule has 0 N–H and O–H groups in total. The second-order valence-electron chi connectivity index (χ2n) is 4.45. The van der Waals surface area contributed by atoms with Crippen LogP contribution < -0.4 is 4.74 Å². The second-order valence-corrected chi connectivity index (χ2v) is 6.29. The van der Waals surface area contributed by atoms with Crippen molar-refractivity contribution in [2.24, 2.45) is 0 Å². The fourth-order valence-electron chi connectivity index (χ4n) is 1.88. The molecule has 1 heterocycles. The van der Waals surface area contributed by atoms with Gasteiger partial charge in [0, 0.05) is 16.4 Å². The molecule has 0 fully saturated rings. The third-order valence-electron chi connectivity index (χ3n) is 3.26. The fourth-order valence-corrected chi connectivity index (χ4v) is 3.12. The van der Waals surface area contributed by atoms with Crippen LogP contribution in [0.5, 0.6) is 5.75 Å². The van der Waals surface area contributed by atoms with Crippen molar-refractivity contribution in [3.05, 3.63) is 50.6 Å². The Hall–Kier alpha value is -1.33. The zero-order chi connectivity index (χ0) is 14.7. The molecule has 1 unspecified atom stereocenters. The van der Waals surface area contributed by atoms with E-state index in [0.29, 0.717) is 11.3 Å². The van der Waals surface area contributed by atoms with Gasteiger partial charge in [-0.15, -0.1) is 11.3 Å². The first-order valence-corrected chi connectivity index (χ1v) is 7.86. The number of thiophene rings is 1. The Morgan fingerprint density at radius 1 is 1.40 bits per heavy atom. The van der Waals surface area contributed by atoms with Crippen LogP contribution >= 0.6 is 27.3 Å². The van der Waals surface area contributed by atoms with Crippen LogP contribution in [0.4, 0.5) is 0 Å². The largest absolute Gasteiger partial charge is 0.497 e. The van der Waals surface area contributed by atoms with Gasteiger partial charge in [0.15, 0.2) is 0 Å². The Morgan fingerprint density at radius 2 is 2.15 bits per heavy atom. The first-order valence-electron chi connectivity index (χ1n) is 6.18. The predicted octanol–water partition coefficient (Wildman–Crippen LogP) is 4.35. The summed E-state index contributed by atoms with van der Waals surface area (Å²) < 4.78 is 5.95. The van der Waals surface area contributed by atoms with E-state index < -0.39 is 0 Å². The van der Waals surface area contributed by atoms with E-state index in [0.717, 1.165) is 4.47 Å². The van der Waals surface area contributed by atoms with Crippen LogP contribution in [0.3, 0.4) is 0 Å². The minimum absolute atomic E-state index is 0.0309. The molecule has 1 aromatic carbocycles. The lowest BCUT2D eigenvalue weighted by Crippen LogP contribution is -2.29. The number of benzene rings is 1. The van der Waals surface area contributed by atoms with Gasteiger partial charge in [-0.2, -0.15) is 0 Å². The van der Waals surface area contributed by atoms with Crippen molar-refractivity contribution >= 4 is 33.2 Å². The second kappa shape index (κ2) is 6.41. The lowest BCUT2D eigenvalue weighted by atomic mass is 10.1. The molecule has 20 heavy (non-hydrogen) atoms. The molecule has 5 heteroatoms. The van der Waals surface area contributed by atoms with Gasteiger partial charge < -0.3 is 9.64 Å². The van der Waals surface area contributed by atoms with Crippen molar-refractivity contribution in [1.29, 1.82) is 0 Å². The molecule has 0 aliphatic rings. The molecule has 1 amide bonds. The van der Waals surface area contributed by atoms with Crippen LogP contribution in [0.2, 0.25) is 0 Å². The van der Waals surface area contributed by atoms with Crippen LogP contribution in [-0.4, -0.2) is 25.0 Å². The van der Waals surface area contributed by atoms with Crippen molar-refractivity contribution in [1.82, 2.24) is 4.90 Å². The summed E-state index contributed by atoms with van der Waals surface area (Å²) in [5, 5.41) is 2.02. The number of nitrogens with zero attached hydrogens (tertiary/aromatic N) is 1. The van der Waals surface area contributed by atoms with Crippen molar-refractivity contribution in [3.8, 4) is 5.75 Å². The van der Waals surface area contributed by atoms with Crippen LogP contribution in [0.1, 0.15) is 28.2 Å². The molecule has 1 aromatic heterocycles. The zero-order valence-electron chi connectivity index (χ0n) is 11.6. The molecule has 0 aliphatic heterocycles. The van der Waals surface area contributed by atoms with Gasteiger partial charge in [0.05, 0.1) is 18.7 Å². The molecule has 1 atom stereocenters. The summed E-state index contributed by atoms with van der Waals surface area (Å²) in [6.07, 6.45) is 0. The summed E-state index contributed by atoms with van der Waals surface area (Å²) in [5.74, 6) is 0.644. The number of ether oxygens (including phenoxy) is 1. The Balaban J connectivity index is 2.26. The maximum absolute atomic E-state index is 12.6. The van der Waals surface area contributed by atoms with E-state index in [1.165, 1.54) is 4.88 Å². The summed E-state index contributed by atoms with van der Waals surface area (Å²) in [6.45, 7) is 2.03. The van der Waals surface area contributed by atoms with Crippen molar-refractivity contribution < 1.29 is 9.53 Å². The average molecular weight is 354 g/mol. The summed E-state index contributed by atoms with van der Waals surface area (Å²) in [5.41, 5.74) is 0.607. The van der Waals surface area contributed by atoms with Crippen molar-refractivity contribution in [2.45, 2.75) is 13.0 Å². The molecule has 0 saturated heterocycles. The van der Waals surface area contributed by atoms with Crippen LogP contribution in [0, 0.1) is 0 Å². The Labute approximate surface area is 131 Å². The van der Waals surface area contributed by atoms with E-state index in [1.807, 2.05) is 43.6 Å². The molecule has 0 bridgehead atoms. The molecular weight excluding hydrogens is 338 g/mol. The van der Waals surface area contributed by atoms with Gasteiger partial charge in [-0.1, -0.05) is 6.07 Å². The van der Waals surface area contributed by atoms with E-state index in [-0.39, 0.29) is 11.9 Å². The molecule has 2 aromatic rings. The lowest BCUT2D eigenvalue weighted by molar-refractivity contribution is 0.0743. The van der Waals surface area contributed by atoms with Gasteiger partial charge in [-0.3, -0.25) is 4.79 Å². The quantitative estimate of drug-likeness (QED) is 0.817. The average Bonchev–Trinajstić information content (AvgIpc) is 2.99. The van der Waals surface area contributed by atoms with Gasteiger partial charge in [0.25, 0.3) is 5.91 Å². The molecule has 0 radical (unpaired) electrons.